The van der Waals surface area contributed by atoms with Crippen LogP contribution in [-0.2, 0) is 6.54 Å². The number of para-hydroxylation sites is 2. The number of aryl methyl sites for hydroxylation is 1. The van der Waals surface area contributed by atoms with E-state index in [2.05, 4.69) is 17.6 Å². The van der Waals surface area contributed by atoms with Crippen molar-refractivity contribution in [3.63, 3.8) is 0 Å². The van der Waals surface area contributed by atoms with Crippen LogP contribution in [0.3, 0.4) is 0 Å². The lowest BCUT2D eigenvalue weighted by molar-refractivity contribution is 0.400. The van der Waals surface area contributed by atoms with Gasteiger partial charge < -0.3 is 14.6 Å². The molecule has 1 aromatic carbocycles. The Morgan fingerprint density at radius 2 is 2.00 bits per heavy atom. The van der Waals surface area contributed by atoms with Gasteiger partial charge in [-0.3, -0.25) is 0 Å². The Morgan fingerprint density at radius 1 is 1.24 bits per heavy atom. The minimum Gasteiger partial charge on any atom is -0.427 e. The predicted octanol–water partition coefficient (Wildman–Crippen LogP) is 1.58. The lowest BCUT2D eigenvalue weighted by atomic mass is 9.84. The van der Waals surface area contributed by atoms with Crippen molar-refractivity contribution in [2.24, 2.45) is 0 Å². The van der Waals surface area contributed by atoms with Crippen LogP contribution in [0, 0.1) is 0 Å². The highest BCUT2D eigenvalue weighted by molar-refractivity contribution is 7.80. The summed E-state index contributed by atoms with van der Waals surface area (Å²) in [7, 11) is -1.20. The number of hydrogen-bond donors (Lipinski definition) is 3. The molecule has 0 saturated carbocycles. The SMILES string of the molecule is OB(O)CCCCn1c(S)nc2ccccc21. The second-order valence-corrected chi connectivity index (χ2v) is 4.43. The smallest absolute Gasteiger partial charge is 0.427 e. The van der Waals surface area contributed by atoms with Gasteiger partial charge >= 0.3 is 7.12 Å². The molecule has 0 saturated heterocycles. The highest BCUT2D eigenvalue weighted by Gasteiger charge is 2.08. The number of nitrogens with zero attached hydrogens (tertiary/aromatic N) is 2. The van der Waals surface area contributed by atoms with Gasteiger partial charge in [0.1, 0.15) is 0 Å². The first-order valence-electron chi connectivity index (χ1n) is 5.69. The van der Waals surface area contributed by atoms with Crippen LogP contribution in [0.5, 0.6) is 0 Å². The molecule has 0 spiro atoms. The highest BCUT2D eigenvalue weighted by atomic mass is 32.1. The number of thiol groups is 1. The van der Waals surface area contributed by atoms with Crippen LogP contribution in [0.25, 0.3) is 11.0 Å². The predicted molar refractivity (Wildman–Crippen MR) is 71.2 cm³/mol. The fraction of sp³-hybridized carbons (Fsp3) is 0.364. The molecule has 0 bridgehead atoms. The first-order chi connectivity index (χ1) is 8.18. The first-order valence-corrected chi connectivity index (χ1v) is 6.13. The molecule has 0 radical (unpaired) electrons. The van der Waals surface area contributed by atoms with E-state index >= 15 is 0 Å². The second-order valence-electron chi connectivity index (χ2n) is 4.03. The molecule has 2 N–H and O–H groups in total. The van der Waals surface area contributed by atoms with E-state index in [4.69, 9.17) is 10.0 Å². The van der Waals surface area contributed by atoms with E-state index in [9.17, 15) is 0 Å². The number of imidazole rings is 1. The molecule has 6 heteroatoms. The van der Waals surface area contributed by atoms with Gasteiger partial charge in [0.15, 0.2) is 5.16 Å². The van der Waals surface area contributed by atoms with Gasteiger partial charge in [0, 0.05) is 6.54 Å². The van der Waals surface area contributed by atoms with Crippen LogP contribution in [0.1, 0.15) is 12.8 Å². The van der Waals surface area contributed by atoms with E-state index in [1.165, 1.54) is 0 Å². The summed E-state index contributed by atoms with van der Waals surface area (Å²) in [5.74, 6) is 0. The molecule has 0 aliphatic heterocycles. The van der Waals surface area contributed by atoms with Crippen LogP contribution >= 0.6 is 12.6 Å². The van der Waals surface area contributed by atoms with Crippen molar-refractivity contribution in [3.05, 3.63) is 24.3 Å². The summed E-state index contributed by atoms with van der Waals surface area (Å²) in [5.41, 5.74) is 2.02. The number of hydrogen-bond acceptors (Lipinski definition) is 4. The molecule has 0 aliphatic carbocycles. The van der Waals surface area contributed by atoms with Crippen molar-refractivity contribution in [1.29, 1.82) is 0 Å². The van der Waals surface area contributed by atoms with E-state index in [0.717, 1.165) is 30.4 Å². The van der Waals surface area contributed by atoms with Crippen LogP contribution in [0.15, 0.2) is 29.4 Å². The Labute approximate surface area is 106 Å². The van der Waals surface area contributed by atoms with Gasteiger partial charge in [-0.15, -0.1) is 12.6 Å². The fourth-order valence-corrected chi connectivity index (χ4v) is 2.20. The zero-order valence-corrected chi connectivity index (χ0v) is 10.3. The quantitative estimate of drug-likeness (QED) is 0.429. The number of aromatic nitrogens is 2. The number of unbranched alkanes of at least 4 members (excludes halogenated alkanes) is 1. The van der Waals surface area contributed by atoms with Gasteiger partial charge in [0.05, 0.1) is 11.0 Å². The Kier molecular flexibility index (Phi) is 4.09. The van der Waals surface area contributed by atoms with Crippen molar-refractivity contribution in [2.45, 2.75) is 30.9 Å². The monoisotopic (exact) mass is 250 g/mol. The van der Waals surface area contributed by atoms with Gasteiger partial charge in [-0.1, -0.05) is 18.6 Å². The molecule has 1 heterocycles. The third kappa shape index (κ3) is 3.03. The zero-order valence-electron chi connectivity index (χ0n) is 9.45. The summed E-state index contributed by atoms with van der Waals surface area (Å²) < 4.78 is 2.04. The van der Waals surface area contributed by atoms with Crippen LogP contribution < -0.4 is 0 Å². The molecule has 4 nitrogen and oxygen atoms in total. The average Bonchev–Trinajstić information content (AvgIpc) is 2.60. The molecular formula is C11H15BN2O2S. The van der Waals surface area contributed by atoms with Gasteiger partial charge in [0.2, 0.25) is 0 Å². The Hall–Kier alpha value is -0.975. The summed E-state index contributed by atoms with van der Waals surface area (Å²) >= 11 is 4.35. The molecule has 90 valence electrons. The Morgan fingerprint density at radius 3 is 2.76 bits per heavy atom. The molecule has 0 atom stereocenters. The molecule has 0 unspecified atom stereocenters. The third-order valence-corrected chi connectivity index (χ3v) is 3.07. The van der Waals surface area contributed by atoms with E-state index < -0.39 is 7.12 Å². The van der Waals surface area contributed by atoms with Gasteiger partial charge in [-0.05, 0) is 24.9 Å². The van der Waals surface area contributed by atoms with Crippen molar-refractivity contribution in [2.75, 3.05) is 0 Å². The summed E-state index contributed by atoms with van der Waals surface area (Å²) in [4.78, 5) is 4.36. The summed E-state index contributed by atoms with van der Waals surface area (Å²) in [6, 6.07) is 7.91. The first kappa shape index (κ1) is 12.5. The largest absolute Gasteiger partial charge is 0.451 e. The van der Waals surface area contributed by atoms with Crippen LogP contribution in [0.4, 0.5) is 0 Å². The number of rotatable bonds is 5. The van der Waals surface area contributed by atoms with E-state index in [1.807, 2.05) is 28.8 Å². The Bertz CT molecular complexity index is 501. The highest BCUT2D eigenvalue weighted by Crippen LogP contribution is 2.19. The van der Waals surface area contributed by atoms with E-state index in [1.54, 1.807) is 0 Å². The maximum absolute atomic E-state index is 8.76. The number of fused-ring (bicyclic) bond motifs is 1. The molecule has 2 aromatic rings. The van der Waals surface area contributed by atoms with Crippen molar-refractivity contribution >= 4 is 30.8 Å². The van der Waals surface area contributed by atoms with Gasteiger partial charge in [-0.2, -0.15) is 0 Å². The normalized spacial score (nSPS) is 11.0. The van der Waals surface area contributed by atoms with Crippen LogP contribution in [-0.4, -0.2) is 26.7 Å². The van der Waals surface area contributed by atoms with Crippen molar-refractivity contribution < 1.29 is 10.0 Å². The molecule has 17 heavy (non-hydrogen) atoms. The van der Waals surface area contributed by atoms with Crippen molar-refractivity contribution in [1.82, 2.24) is 9.55 Å². The minimum atomic E-state index is -1.20. The molecule has 2 rings (SSSR count). The molecule has 1 aromatic heterocycles. The third-order valence-electron chi connectivity index (χ3n) is 2.73. The minimum absolute atomic E-state index is 0.411. The number of benzene rings is 1. The lowest BCUT2D eigenvalue weighted by Gasteiger charge is -2.05. The zero-order chi connectivity index (χ0) is 12.3. The average molecular weight is 250 g/mol. The van der Waals surface area contributed by atoms with Gasteiger partial charge in [-0.25, -0.2) is 4.98 Å². The second kappa shape index (κ2) is 5.57. The molecule has 0 amide bonds. The van der Waals surface area contributed by atoms with Crippen molar-refractivity contribution in [3.8, 4) is 0 Å². The Balaban J connectivity index is 2.05. The maximum atomic E-state index is 8.76. The molecular weight excluding hydrogens is 235 g/mol. The lowest BCUT2D eigenvalue weighted by Crippen LogP contribution is -2.10. The standard InChI is InChI=1S/C11H15BN2O2S/c15-12(16)7-3-4-8-14-10-6-2-1-5-9(10)13-11(14)17/h1-2,5-6,15-16H,3-4,7-8H2,(H,13,17). The fourth-order valence-electron chi connectivity index (χ4n) is 1.88. The van der Waals surface area contributed by atoms with E-state index in [-0.39, 0.29) is 0 Å². The summed E-state index contributed by atoms with van der Waals surface area (Å²) in [5, 5.41) is 18.2. The molecule has 0 aliphatic rings. The van der Waals surface area contributed by atoms with E-state index in [0.29, 0.717) is 11.5 Å². The van der Waals surface area contributed by atoms with Crippen LogP contribution in [0.2, 0.25) is 6.32 Å². The topological polar surface area (TPSA) is 58.3 Å². The summed E-state index contributed by atoms with van der Waals surface area (Å²) in [6.07, 6.45) is 2.07. The maximum Gasteiger partial charge on any atom is 0.451 e. The van der Waals surface area contributed by atoms with Gasteiger partial charge in [0.25, 0.3) is 0 Å². The summed E-state index contributed by atoms with van der Waals surface area (Å²) in [6.45, 7) is 0.798. The molecule has 0 fully saturated rings.